The van der Waals surface area contributed by atoms with E-state index in [-0.39, 0.29) is 37.0 Å². The van der Waals surface area contributed by atoms with Gasteiger partial charge < -0.3 is 20.1 Å². The Labute approximate surface area is 174 Å². The molecule has 2 N–H and O–H groups in total. The number of likely N-dealkylation sites (tertiary alicyclic amines) is 1. The SMILES string of the molecule is O=C(CNC(=O)c1ccc2c(c1)OCO2)NC1CCN(Cc2ccc(F)cc2)CC1. The fraction of sp³-hybridized carbons (Fsp3) is 0.364. The molecule has 2 aromatic carbocycles. The van der Waals surface area contributed by atoms with E-state index < -0.39 is 0 Å². The molecular weight excluding hydrogens is 389 g/mol. The molecule has 4 rings (SSSR count). The molecule has 30 heavy (non-hydrogen) atoms. The van der Waals surface area contributed by atoms with Gasteiger partial charge >= 0.3 is 0 Å². The molecule has 0 aliphatic carbocycles. The normalized spacial score (nSPS) is 16.3. The largest absolute Gasteiger partial charge is 0.454 e. The van der Waals surface area contributed by atoms with Crippen molar-refractivity contribution in [2.75, 3.05) is 26.4 Å². The second kappa shape index (κ2) is 9.13. The Morgan fingerprint density at radius 2 is 1.77 bits per heavy atom. The highest BCUT2D eigenvalue weighted by molar-refractivity contribution is 5.97. The topological polar surface area (TPSA) is 79.9 Å². The second-order valence-corrected chi connectivity index (χ2v) is 7.50. The van der Waals surface area contributed by atoms with Gasteiger partial charge in [-0.25, -0.2) is 4.39 Å². The van der Waals surface area contributed by atoms with Gasteiger partial charge in [-0.15, -0.1) is 0 Å². The maximum absolute atomic E-state index is 13.0. The number of fused-ring (bicyclic) bond motifs is 1. The number of hydrogen-bond donors (Lipinski definition) is 2. The molecule has 2 aliphatic rings. The number of rotatable bonds is 6. The van der Waals surface area contributed by atoms with Gasteiger partial charge in [0.05, 0.1) is 6.54 Å². The average molecular weight is 413 g/mol. The first-order valence-electron chi connectivity index (χ1n) is 10.0. The quantitative estimate of drug-likeness (QED) is 0.758. The summed E-state index contributed by atoms with van der Waals surface area (Å²) in [7, 11) is 0. The van der Waals surface area contributed by atoms with Crippen LogP contribution in [0.25, 0.3) is 0 Å². The molecule has 0 saturated carbocycles. The minimum atomic E-state index is -0.336. The van der Waals surface area contributed by atoms with E-state index in [4.69, 9.17) is 9.47 Å². The number of benzene rings is 2. The number of carbonyl (C=O) groups is 2. The van der Waals surface area contributed by atoms with E-state index in [1.807, 2.05) is 0 Å². The highest BCUT2D eigenvalue weighted by atomic mass is 19.1. The number of carbonyl (C=O) groups excluding carboxylic acids is 2. The zero-order chi connectivity index (χ0) is 20.9. The first kappa shape index (κ1) is 20.2. The number of amides is 2. The maximum Gasteiger partial charge on any atom is 0.251 e. The molecule has 1 saturated heterocycles. The summed E-state index contributed by atoms with van der Waals surface area (Å²) in [5.41, 5.74) is 1.49. The van der Waals surface area contributed by atoms with Crippen LogP contribution in [-0.2, 0) is 11.3 Å². The van der Waals surface area contributed by atoms with E-state index >= 15 is 0 Å². The van der Waals surface area contributed by atoms with E-state index in [0.29, 0.717) is 17.1 Å². The Hall–Kier alpha value is -3.13. The van der Waals surface area contributed by atoms with Crippen molar-refractivity contribution in [1.82, 2.24) is 15.5 Å². The van der Waals surface area contributed by atoms with Gasteiger partial charge in [0.1, 0.15) is 5.82 Å². The van der Waals surface area contributed by atoms with Crippen molar-refractivity contribution in [3.63, 3.8) is 0 Å². The van der Waals surface area contributed by atoms with Crippen LogP contribution in [0.3, 0.4) is 0 Å². The van der Waals surface area contributed by atoms with E-state index in [1.54, 1.807) is 30.3 Å². The lowest BCUT2D eigenvalue weighted by Crippen LogP contribution is -2.47. The first-order chi connectivity index (χ1) is 14.6. The van der Waals surface area contributed by atoms with Crippen LogP contribution >= 0.6 is 0 Å². The molecule has 0 unspecified atom stereocenters. The molecule has 2 amide bonds. The predicted octanol–water partition coefficient (Wildman–Crippen LogP) is 2.06. The highest BCUT2D eigenvalue weighted by Gasteiger charge is 2.21. The number of hydrogen-bond acceptors (Lipinski definition) is 5. The molecule has 1 fully saturated rings. The van der Waals surface area contributed by atoms with Crippen LogP contribution in [-0.4, -0.2) is 49.2 Å². The van der Waals surface area contributed by atoms with Crippen molar-refractivity contribution >= 4 is 11.8 Å². The highest BCUT2D eigenvalue weighted by Crippen LogP contribution is 2.32. The lowest BCUT2D eigenvalue weighted by molar-refractivity contribution is -0.121. The van der Waals surface area contributed by atoms with Gasteiger partial charge in [-0.1, -0.05) is 12.1 Å². The van der Waals surface area contributed by atoms with Gasteiger partial charge in [0.2, 0.25) is 12.7 Å². The Morgan fingerprint density at radius 1 is 1.03 bits per heavy atom. The molecule has 2 heterocycles. The first-order valence-corrected chi connectivity index (χ1v) is 10.0. The lowest BCUT2D eigenvalue weighted by atomic mass is 10.0. The molecule has 158 valence electrons. The van der Waals surface area contributed by atoms with Gasteiger partial charge in [-0.05, 0) is 48.7 Å². The van der Waals surface area contributed by atoms with Crippen molar-refractivity contribution in [3.8, 4) is 11.5 Å². The summed E-state index contributed by atoms with van der Waals surface area (Å²) in [5.74, 6) is 0.360. The van der Waals surface area contributed by atoms with E-state index in [9.17, 15) is 14.0 Å². The van der Waals surface area contributed by atoms with Crippen molar-refractivity contribution in [3.05, 3.63) is 59.4 Å². The Kier molecular flexibility index (Phi) is 6.13. The zero-order valence-electron chi connectivity index (χ0n) is 16.5. The summed E-state index contributed by atoms with van der Waals surface area (Å²) in [6.45, 7) is 2.54. The minimum Gasteiger partial charge on any atom is -0.454 e. The Morgan fingerprint density at radius 3 is 2.53 bits per heavy atom. The van der Waals surface area contributed by atoms with Crippen molar-refractivity contribution in [1.29, 1.82) is 0 Å². The summed E-state index contributed by atoms with van der Waals surface area (Å²) in [5, 5.41) is 5.62. The van der Waals surface area contributed by atoms with Crippen molar-refractivity contribution in [2.45, 2.75) is 25.4 Å². The summed E-state index contributed by atoms with van der Waals surface area (Å²) < 4.78 is 23.5. The van der Waals surface area contributed by atoms with Gasteiger partial charge in [-0.3, -0.25) is 14.5 Å². The fourth-order valence-electron chi connectivity index (χ4n) is 3.66. The summed E-state index contributed by atoms with van der Waals surface area (Å²) in [4.78, 5) is 26.8. The molecule has 2 aromatic rings. The van der Waals surface area contributed by atoms with Crippen LogP contribution in [0.15, 0.2) is 42.5 Å². The van der Waals surface area contributed by atoms with Crippen LogP contribution in [0.2, 0.25) is 0 Å². The summed E-state index contributed by atoms with van der Waals surface area (Å²) >= 11 is 0. The molecule has 8 heteroatoms. The number of piperidine rings is 1. The van der Waals surface area contributed by atoms with Crippen molar-refractivity contribution < 1.29 is 23.5 Å². The van der Waals surface area contributed by atoms with Crippen LogP contribution in [0.5, 0.6) is 11.5 Å². The van der Waals surface area contributed by atoms with Gasteiger partial charge in [0, 0.05) is 31.2 Å². The van der Waals surface area contributed by atoms with Crippen LogP contribution in [0.4, 0.5) is 4.39 Å². The fourth-order valence-corrected chi connectivity index (χ4v) is 3.66. The smallest absolute Gasteiger partial charge is 0.251 e. The monoisotopic (exact) mass is 413 g/mol. The Balaban J connectivity index is 1.18. The lowest BCUT2D eigenvalue weighted by Gasteiger charge is -2.32. The number of nitrogens with zero attached hydrogens (tertiary/aromatic N) is 1. The van der Waals surface area contributed by atoms with Gasteiger partial charge in [0.25, 0.3) is 5.91 Å². The molecule has 0 spiro atoms. The van der Waals surface area contributed by atoms with Gasteiger partial charge in [0.15, 0.2) is 11.5 Å². The average Bonchev–Trinajstić information content (AvgIpc) is 3.23. The molecule has 7 nitrogen and oxygen atoms in total. The molecule has 2 aliphatic heterocycles. The molecule has 0 radical (unpaired) electrons. The van der Waals surface area contributed by atoms with E-state index in [1.165, 1.54) is 12.1 Å². The zero-order valence-corrected chi connectivity index (χ0v) is 16.5. The Bertz CT molecular complexity index is 911. The predicted molar refractivity (Wildman–Crippen MR) is 108 cm³/mol. The van der Waals surface area contributed by atoms with Crippen LogP contribution in [0.1, 0.15) is 28.8 Å². The third kappa shape index (κ3) is 5.07. The number of halogens is 1. The van der Waals surface area contributed by atoms with Crippen LogP contribution < -0.4 is 20.1 Å². The van der Waals surface area contributed by atoms with E-state index in [2.05, 4.69) is 15.5 Å². The number of nitrogens with one attached hydrogen (secondary N) is 2. The van der Waals surface area contributed by atoms with Crippen molar-refractivity contribution in [2.24, 2.45) is 0 Å². The second-order valence-electron chi connectivity index (χ2n) is 7.50. The molecule has 0 aromatic heterocycles. The molecule has 0 bridgehead atoms. The molecule has 0 atom stereocenters. The molecular formula is C22H24FN3O4. The van der Waals surface area contributed by atoms with Crippen LogP contribution in [0, 0.1) is 5.82 Å². The van der Waals surface area contributed by atoms with Gasteiger partial charge in [-0.2, -0.15) is 0 Å². The third-order valence-electron chi connectivity index (χ3n) is 5.32. The summed E-state index contributed by atoms with van der Waals surface area (Å²) in [6, 6.07) is 11.5. The summed E-state index contributed by atoms with van der Waals surface area (Å²) in [6.07, 6.45) is 1.67. The third-order valence-corrected chi connectivity index (χ3v) is 5.32. The standard InChI is InChI=1S/C22H24FN3O4/c23-17-4-1-15(2-5-17)13-26-9-7-18(8-10-26)25-21(27)12-24-22(28)16-3-6-19-20(11-16)30-14-29-19/h1-6,11,18H,7-10,12-14H2,(H,24,28)(H,25,27). The minimum absolute atomic E-state index is 0.0803. The van der Waals surface area contributed by atoms with E-state index in [0.717, 1.165) is 38.0 Å². The maximum atomic E-state index is 13.0. The number of ether oxygens (including phenoxy) is 2.